The quantitative estimate of drug-likeness (QED) is 0.694. The van der Waals surface area contributed by atoms with Crippen LogP contribution in [0.3, 0.4) is 0 Å². The van der Waals surface area contributed by atoms with Crippen molar-refractivity contribution >= 4 is 12.6 Å². The normalized spacial score (nSPS) is 20.6. The van der Waals surface area contributed by atoms with Gasteiger partial charge in [0.1, 0.15) is 0 Å². The number of rotatable bonds is 6. The summed E-state index contributed by atoms with van der Waals surface area (Å²) in [6.45, 7) is 9.43. The molecule has 0 heterocycles. The highest BCUT2D eigenvalue weighted by Gasteiger charge is 2.23. The maximum atomic E-state index is 4.51. The van der Waals surface area contributed by atoms with Crippen molar-refractivity contribution in [2.45, 2.75) is 58.9 Å². The van der Waals surface area contributed by atoms with Crippen molar-refractivity contribution in [3.05, 3.63) is 0 Å². The molecule has 1 aliphatic carbocycles. The van der Waals surface area contributed by atoms with E-state index in [1.807, 2.05) is 0 Å². The molecule has 0 amide bonds. The molecule has 1 aliphatic rings. The predicted molar refractivity (Wildman–Crippen MR) is 76.3 cm³/mol. The van der Waals surface area contributed by atoms with E-state index in [9.17, 15) is 0 Å². The van der Waals surface area contributed by atoms with Crippen molar-refractivity contribution in [2.75, 3.05) is 18.8 Å². The summed E-state index contributed by atoms with van der Waals surface area (Å²) in [6, 6.07) is 0.861. The second kappa shape index (κ2) is 7.60. The molecule has 0 radical (unpaired) electrons. The van der Waals surface area contributed by atoms with Crippen LogP contribution < -0.4 is 0 Å². The molecule has 1 unspecified atom stereocenters. The van der Waals surface area contributed by atoms with Gasteiger partial charge >= 0.3 is 0 Å². The monoisotopic (exact) mass is 243 g/mol. The van der Waals surface area contributed by atoms with Gasteiger partial charge in [0.25, 0.3) is 0 Å². The van der Waals surface area contributed by atoms with Gasteiger partial charge in [0.05, 0.1) is 0 Å². The molecule has 0 spiro atoms. The van der Waals surface area contributed by atoms with E-state index >= 15 is 0 Å². The largest absolute Gasteiger partial charge is 0.300 e. The molecule has 2 heteroatoms. The highest BCUT2D eigenvalue weighted by Crippen LogP contribution is 2.24. The molecule has 1 fully saturated rings. The lowest BCUT2D eigenvalue weighted by molar-refractivity contribution is 0.133. The molecular weight excluding hydrogens is 214 g/mol. The van der Waals surface area contributed by atoms with Gasteiger partial charge in [-0.15, -0.1) is 0 Å². The van der Waals surface area contributed by atoms with Crippen LogP contribution in [0.25, 0.3) is 0 Å². The first kappa shape index (κ1) is 14.4. The van der Waals surface area contributed by atoms with E-state index in [2.05, 4.69) is 38.3 Å². The van der Waals surface area contributed by atoms with Crippen molar-refractivity contribution < 1.29 is 0 Å². The van der Waals surface area contributed by atoms with Crippen LogP contribution in [0.5, 0.6) is 0 Å². The minimum absolute atomic E-state index is 0.755. The minimum atomic E-state index is 0.755. The maximum absolute atomic E-state index is 4.51. The topological polar surface area (TPSA) is 3.24 Å². The Morgan fingerprint density at radius 2 is 1.81 bits per heavy atom. The van der Waals surface area contributed by atoms with Gasteiger partial charge in [0, 0.05) is 12.6 Å². The highest BCUT2D eigenvalue weighted by atomic mass is 32.1. The summed E-state index contributed by atoms with van der Waals surface area (Å²) < 4.78 is 0. The summed E-state index contributed by atoms with van der Waals surface area (Å²) in [6.07, 6.45) is 7.17. The molecule has 1 atom stereocenters. The Morgan fingerprint density at radius 1 is 1.19 bits per heavy atom. The van der Waals surface area contributed by atoms with Crippen molar-refractivity contribution in [3.63, 3.8) is 0 Å². The second-order valence-electron chi connectivity index (χ2n) is 5.57. The van der Waals surface area contributed by atoms with Gasteiger partial charge in [0.15, 0.2) is 0 Å². The molecule has 0 saturated heterocycles. The lowest BCUT2D eigenvalue weighted by Gasteiger charge is -2.36. The van der Waals surface area contributed by atoms with E-state index in [1.165, 1.54) is 45.2 Å². The summed E-state index contributed by atoms with van der Waals surface area (Å²) >= 11 is 4.51. The number of thiol groups is 1. The fourth-order valence-corrected chi connectivity index (χ4v) is 3.30. The molecule has 0 N–H and O–H groups in total. The van der Waals surface area contributed by atoms with Crippen molar-refractivity contribution in [2.24, 2.45) is 11.8 Å². The first-order valence-corrected chi connectivity index (χ1v) is 7.67. The second-order valence-corrected chi connectivity index (χ2v) is 5.93. The zero-order valence-electron chi connectivity index (χ0n) is 11.3. The molecule has 0 bridgehead atoms. The Kier molecular flexibility index (Phi) is 6.83. The minimum Gasteiger partial charge on any atom is -0.300 e. The number of hydrogen-bond donors (Lipinski definition) is 1. The van der Waals surface area contributed by atoms with Crippen molar-refractivity contribution in [1.82, 2.24) is 4.90 Å². The van der Waals surface area contributed by atoms with Crippen LogP contribution in [0, 0.1) is 11.8 Å². The van der Waals surface area contributed by atoms with Crippen LogP contribution in [-0.4, -0.2) is 29.8 Å². The van der Waals surface area contributed by atoms with E-state index < -0.39 is 0 Å². The van der Waals surface area contributed by atoms with Gasteiger partial charge in [0.2, 0.25) is 0 Å². The van der Waals surface area contributed by atoms with Gasteiger partial charge < -0.3 is 4.90 Å². The van der Waals surface area contributed by atoms with E-state index in [0.29, 0.717) is 0 Å². The third-order valence-electron chi connectivity index (χ3n) is 4.14. The molecule has 0 aliphatic heterocycles. The standard InChI is InChI=1S/C14H29NS/c1-4-15(10-13(11-16)12(2)3)14-8-6-5-7-9-14/h12-14,16H,4-11H2,1-3H3. The van der Waals surface area contributed by atoms with Gasteiger partial charge in [-0.05, 0) is 37.0 Å². The van der Waals surface area contributed by atoms with Gasteiger partial charge in [-0.3, -0.25) is 0 Å². The zero-order valence-corrected chi connectivity index (χ0v) is 12.2. The molecule has 16 heavy (non-hydrogen) atoms. The van der Waals surface area contributed by atoms with Gasteiger partial charge in [-0.1, -0.05) is 40.0 Å². The third kappa shape index (κ3) is 4.29. The Balaban J connectivity index is 2.45. The van der Waals surface area contributed by atoms with Gasteiger partial charge in [-0.25, -0.2) is 0 Å². The lowest BCUT2D eigenvalue weighted by Crippen LogP contribution is -2.41. The van der Waals surface area contributed by atoms with Crippen LogP contribution >= 0.6 is 12.6 Å². The Bertz CT molecular complexity index is 176. The van der Waals surface area contributed by atoms with Crippen LogP contribution in [-0.2, 0) is 0 Å². The average Bonchev–Trinajstić information content (AvgIpc) is 2.31. The van der Waals surface area contributed by atoms with E-state index in [0.717, 1.165) is 23.6 Å². The van der Waals surface area contributed by atoms with Crippen LogP contribution in [0.1, 0.15) is 52.9 Å². The van der Waals surface area contributed by atoms with Crippen molar-refractivity contribution in [1.29, 1.82) is 0 Å². The van der Waals surface area contributed by atoms with E-state index in [1.54, 1.807) is 0 Å². The third-order valence-corrected chi connectivity index (χ3v) is 4.61. The molecule has 1 rings (SSSR count). The molecule has 0 aromatic rings. The summed E-state index contributed by atoms with van der Waals surface area (Å²) in [7, 11) is 0. The summed E-state index contributed by atoms with van der Waals surface area (Å²) in [5.74, 6) is 2.54. The highest BCUT2D eigenvalue weighted by molar-refractivity contribution is 7.80. The Hall–Kier alpha value is 0.310. The maximum Gasteiger partial charge on any atom is 0.00952 e. The summed E-state index contributed by atoms with van der Waals surface area (Å²) in [5.41, 5.74) is 0. The SMILES string of the molecule is CCN(CC(CS)C(C)C)C1CCCCC1. The molecule has 1 nitrogen and oxygen atoms in total. The average molecular weight is 243 g/mol. The first-order chi connectivity index (χ1) is 7.69. The Morgan fingerprint density at radius 3 is 2.25 bits per heavy atom. The van der Waals surface area contributed by atoms with Crippen LogP contribution in [0.4, 0.5) is 0 Å². The van der Waals surface area contributed by atoms with Crippen molar-refractivity contribution in [3.8, 4) is 0 Å². The molecule has 0 aromatic carbocycles. The summed E-state index contributed by atoms with van der Waals surface area (Å²) in [5, 5.41) is 0. The van der Waals surface area contributed by atoms with E-state index in [4.69, 9.17) is 0 Å². The van der Waals surface area contributed by atoms with Crippen LogP contribution in [0.15, 0.2) is 0 Å². The fourth-order valence-electron chi connectivity index (χ4n) is 2.76. The van der Waals surface area contributed by atoms with Crippen LogP contribution in [0.2, 0.25) is 0 Å². The molecule has 1 saturated carbocycles. The molecule has 96 valence electrons. The lowest BCUT2D eigenvalue weighted by atomic mass is 9.91. The predicted octanol–water partition coefficient (Wildman–Crippen LogP) is 3.84. The zero-order chi connectivity index (χ0) is 12.0. The number of hydrogen-bond acceptors (Lipinski definition) is 2. The number of nitrogens with zero attached hydrogens (tertiary/aromatic N) is 1. The fraction of sp³-hybridized carbons (Fsp3) is 1.00. The Labute approximate surface area is 107 Å². The molecular formula is C14H29NS. The smallest absolute Gasteiger partial charge is 0.00952 e. The van der Waals surface area contributed by atoms with Gasteiger partial charge in [-0.2, -0.15) is 12.6 Å². The summed E-state index contributed by atoms with van der Waals surface area (Å²) in [4.78, 5) is 2.71. The first-order valence-electron chi connectivity index (χ1n) is 7.04. The van der Waals surface area contributed by atoms with E-state index in [-0.39, 0.29) is 0 Å². The molecule has 0 aromatic heterocycles.